The first-order valence-corrected chi connectivity index (χ1v) is 8.79. The summed E-state index contributed by atoms with van der Waals surface area (Å²) in [4.78, 5) is 34.6. The third kappa shape index (κ3) is 6.16. The molecule has 0 aliphatic heterocycles. The van der Waals surface area contributed by atoms with Crippen molar-refractivity contribution in [3.05, 3.63) is 75.8 Å². The number of nitro groups is 1. The van der Waals surface area contributed by atoms with Crippen molar-refractivity contribution in [2.24, 2.45) is 0 Å². The Morgan fingerprint density at radius 2 is 1.87 bits per heavy atom. The van der Waals surface area contributed by atoms with Crippen molar-refractivity contribution in [2.45, 2.75) is 19.6 Å². The molecule has 2 rings (SSSR count). The SMILES string of the molecule is CCN(Cc1cccc(NC(=O)C=Cc2ccccc2[N+](=O)[O-])c1)C(=O)C(F)(F)F. The van der Waals surface area contributed by atoms with Crippen LogP contribution < -0.4 is 5.32 Å². The van der Waals surface area contributed by atoms with E-state index in [1.165, 1.54) is 55.5 Å². The number of amides is 2. The van der Waals surface area contributed by atoms with Crippen LogP contribution in [0.2, 0.25) is 0 Å². The molecule has 0 unspecified atom stereocenters. The lowest BCUT2D eigenvalue weighted by Crippen LogP contribution is -2.40. The van der Waals surface area contributed by atoms with E-state index in [1.807, 2.05) is 0 Å². The Bertz CT molecular complexity index is 974. The summed E-state index contributed by atoms with van der Waals surface area (Å²) in [6, 6.07) is 11.9. The largest absolute Gasteiger partial charge is 0.471 e. The molecule has 0 aliphatic carbocycles. The molecular formula is C20H18F3N3O4. The Labute approximate surface area is 170 Å². The van der Waals surface area contributed by atoms with Gasteiger partial charge >= 0.3 is 12.1 Å². The molecule has 2 aromatic carbocycles. The maximum absolute atomic E-state index is 12.6. The van der Waals surface area contributed by atoms with Crippen LogP contribution in [0.5, 0.6) is 0 Å². The van der Waals surface area contributed by atoms with Gasteiger partial charge in [0.1, 0.15) is 0 Å². The second-order valence-corrected chi connectivity index (χ2v) is 6.16. The number of nitrogens with zero attached hydrogens (tertiary/aromatic N) is 2. The van der Waals surface area contributed by atoms with Crippen molar-refractivity contribution in [2.75, 3.05) is 11.9 Å². The lowest BCUT2D eigenvalue weighted by atomic mass is 10.1. The fourth-order valence-electron chi connectivity index (χ4n) is 2.62. The summed E-state index contributed by atoms with van der Waals surface area (Å²) in [5.41, 5.74) is 0.795. The maximum Gasteiger partial charge on any atom is 0.471 e. The van der Waals surface area contributed by atoms with E-state index in [0.29, 0.717) is 16.2 Å². The summed E-state index contributed by atoms with van der Waals surface area (Å²) in [7, 11) is 0. The van der Waals surface area contributed by atoms with E-state index in [-0.39, 0.29) is 24.3 Å². The summed E-state index contributed by atoms with van der Waals surface area (Å²) in [6.07, 6.45) is -2.56. The van der Waals surface area contributed by atoms with Gasteiger partial charge in [0.15, 0.2) is 0 Å². The number of alkyl halides is 3. The van der Waals surface area contributed by atoms with Gasteiger partial charge in [-0.15, -0.1) is 0 Å². The smallest absolute Gasteiger partial charge is 0.331 e. The van der Waals surface area contributed by atoms with Crippen LogP contribution in [0, 0.1) is 10.1 Å². The molecular weight excluding hydrogens is 403 g/mol. The summed E-state index contributed by atoms with van der Waals surface area (Å²) in [6.45, 7) is 1.03. The van der Waals surface area contributed by atoms with E-state index in [2.05, 4.69) is 5.32 Å². The molecule has 30 heavy (non-hydrogen) atoms. The van der Waals surface area contributed by atoms with Gasteiger partial charge in [0.05, 0.1) is 10.5 Å². The van der Waals surface area contributed by atoms with Crippen LogP contribution >= 0.6 is 0 Å². The molecule has 10 heteroatoms. The average Bonchev–Trinajstić information content (AvgIpc) is 2.69. The van der Waals surface area contributed by atoms with E-state index >= 15 is 0 Å². The van der Waals surface area contributed by atoms with E-state index in [9.17, 15) is 32.9 Å². The van der Waals surface area contributed by atoms with Crippen molar-refractivity contribution < 1.29 is 27.7 Å². The number of nitrogens with one attached hydrogen (secondary N) is 1. The fourth-order valence-corrected chi connectivity index (χ4v) is 2.62. The highest BCUT2D eigenvalue weighted by Gasteiger charge is 2.41. The van der Waals surface area contributed by atoms with Crippen LogP contribution in [0.25, 0.3) is 6.08 Å². The lowest BCUT2D eigenvalue weighted by Gasteiger charge is -2.22. The predicted molar refractivity (Wildman–Crippen MR) is 104 cm³/mol. The highest BCUT2D eigenvalue weighted by atomic mass is 19.4. The van der Waals surface area contributed by atoms with Crippen LogP contribution in [0.4, 0.5) is 24.5 Å². The highest BCUT2D eigenvalue weighted by Crippen LogP contribution is 2.21. The average molecular weight is 421 g/mol. The van der Waals surface area contributed by atoms with E-state index in [0.717, 1.165) is 6.08 Å². The van der Waals surface area contributed by atoms with Gasteiger partial charge in [-0.25, -0.2) is 0 Å². The normalized spacial score (nSPS) is 11.3. The van der Waals surface area contributed by atoms with Crippen molar-refractivity contribution in [3.8, 4) is 0 Å². The number of carbonyl (C=O) groups excluding carboxylic acids is 2. The zero-order chi connectivity index (χ0) is 22.3. The van der Waals surface area contributed by atoms with Crippen LogP contribution in [0.3, 0.4) is 0 Å². The van der Waals surface area contributed by atoms with Gasteiger partial charge in [-0.2, -0.15) is 13.2 Å². The van der Waals surface area contributed by atoms with Crippen LogP contribution in [-0.4, -0.2) is 34.4 Å². The van der Waals surface area contributed by atoms with Gasteiger partial charge in [0.25, 0.3) is 5.69 Å². The minimum atomic E-state index is -4.97. The molecule has 0 spiro atoms. The number of hydrogen-bond acceptors (Lipinski definition) is 4. The molecule has 7 nitrogen and oxygen atoms in total. The Morgan fingerprint density at radius 3 is 2.50 bits per heavy atom. The standard InChI is InChI=1S/C20H18F3N3O4/c1-2-25(19(28)20(21,22)23)13-14-6-5-8-16(12-14)24-18(27)11-10-15-7-3-4-9-17(15)26(29)30/h3-12H,2,13H2,1H3,(H,24,27). The van der Waals surface area contributed by atoms with Gasteiger partial charge in [0, 0.05) is 30.9 Å². The minimum Gasteiger partial charge on any atom is -0.331 e. The quantitative estimate of drug-likeness (QED) is 0.413. The Morgan fingerprint density at radius 1 is 1.17 bits per heavy atom. The van der Waals surface area contributed by atoms with E-state index in [4.69, 9.17) is 0 Å². The fraction of sp³-hybridized carbons (Fsp3) is 0.200. The third-order valence-corrected chi connectivity index (χ3v) is 4.03. The van der Waals surface area contributed by atoms with Crippen molar-refractivity contribution in [3.63, 3.8) is 0 Å². The molecule has 0 fully saturated rings. The van der Waals surface area contributed by atoms with Crippen LogP contribution in [0.1, 0.15) is 18.1 Å². The molecule has 1 N–H and O–H groups in total. The number of benzene rings is 2. The number of rotatable bonds is 7. The molecule has 2 aromatic rings. The lowest BCUT2D eigenvalue weighted by molar-refractivity contribution is -0.385. The van der Waals surface area contributed by atoms with Gasteiger partial charge in [0.2, 0.25) is 5.91 Å². The first kappa shape index (κ1) is 22.6. The van der Waals surface area contributed by atoms with E-state index in [1.54, 1.807) is 6.07 Å². The topological polar surface area (TPSA) is 92.6 Å². The Balaban J connectivity index is 2.09. The van der Waals surface area contributed by atoms with Gasteiger partial charge < -0.3 is 10.2 Å². The molecule has 2 amide bonds. The van der Waals surface area contributed by atoms with Gasteiger partial charge in [-0.05, 0) is 36.8 Å². The number of para-hydroxylation sites is 1. The second kappa shape index (κ2) is 9.68. The van der Waals surface area contributed by atoms with Gasteiger partial charge in [-0.1, -0.05) is 24.3 Å². The predicted octanol–water partition coefficient (Wildman–Crippen LogP) is 4.16. The Hall–Kier alpha value is -3.69. The molecule has 0 atom stereocenters. The molecule has 0 bridgehead atoms. The summed E-state index contributed by atoms with van der Waals surface area (Å²) in [5, 5.41) is 13.5. The highest BCUT2D eigenvalue weighted by molar-refractivity contribution is 6.02. The minimum absolute atomic E-state index is 0.131. The number of hydrogen-bond donors (Lipinski definition) is 1. The zero-order valence-electron chi connectivity index (χ0n) is 15.8. The van der Waals surface area contributed by atoms with Crippen LogP contribution in [0.15, 0.2) is 54.6 Å². The second-order valence-electron chi connectivity index (χ2n) is 6.16. The maximum atomic E-state index is 12.6. The first-order chi connectivity index (χ1) is 14.1. The number of nitro benzene ring substituents is 1. The zero-order valence-corrected chi connectivity index (χ0v) is 15.8. The molecule has 0 radical (unpaired) electrons. The first-order valence-electron chi connectivity index (χ1n) is 8.79. The van der Waals surface area contributed by atoms with Crippen molar-refractivity contribution in [1.29, 1.82) is 0 Å². The molecule has 0 heterocycles. The monoisotopic (exact) mass is 421 g/mol. The number of carbonyl (C=O) groups is 2. The third-order valence-electron chi connectivity index (χ3n) is 4.03. The summed E-state index contributed by atoms with van der Waals surface area (Å²) in [5.74, 6) is -2.52. The molecule has 0 saturated carbocycles. The Kier molecular flexibility index (Phi) is 7.29. The molecule has 0 saturated heterocycles. The van der Waals surface area contributed by atoms with E-state index < -0.39 is 22.9 Å². The molecule has 158 valence electrons. The molecule has 0 aromatic heterocycles. The van der Waals surface area contributed by atoms with Crippen molar-refractivity contribution >= 4 is 29.3 Å². The number of anilines is 1. The van der Waals surface area contributed by atoms with Crippen LogP contribution in [-0.2, 0) is 16.1 Å². The van der Waals surface area contributed by atoms with Crippen molar-refractivity contribution in [1.82, 2.24) is 4.90 Å². The van der Waals surface area contributed by atoms with Gasteiger partial charge in [-0.3, -0.25) is 19.7 Å². The number of halogens is 3. The molecule has 0 aliphatic rings. The summed E-state index contributed by atoms with van der Waals surface area (Å²) < 4.78 is 37.9. The summed E-state index contributed by atoms with van der Waals surface area (Å²) >= 11 is 0.